The number of anilines is 1. The molecule has 0 aromatic heterocycles. The first-order valence-electron chi connectivity index (χ1n) is 6.79. The molecule has 1 atom stereocenters. The molecule has 0 saturated carbocycles. The third-order valence-electron chi connectivity index (χ3n) is 3.43. The van der Waals surface area contributed by atoms with E-state index in [1.807, 2.05) is 24.9 Å². The number of nitrogens with two attached hydrogens (primary N) is 1. The highest BCUT2D eigenvalue weighted by molar-refractivity contribution is 5.55. The summed E-state index contributed by atoms with van der Waals surface area (Å²) in [7, 11) is 1.89. The number of para-hydroxylation sites is 1. The third-order valence-corrected chi connectivity index (χ3v) is 3.43. The average Bonchev–Trinajstić information content (AvgIpc) is 2.40. The Morgan fingerprint density at radius 2 is 1.80 bits per heavy atom. The van der Waals surface area contributed by atoms with E-state index >= 15 is 0 Å². The number of benzene rings is 2. The Kier molecular flexibility index (Phi) is 4.40. The van der Waals surface area contributed by atoms with Crippen molar-refractivity contribution in [2.45, 2.75) is 26.4 Å². The van der Waals surface area contributed by atoms with Gasteiger partial charge in [-0.1, -0.05) is 42.0 Å². The first-order valence-corrected chi connectivity index (χ1v) is 6.79. The molecule has 0 bridgehead atoms. The maximum atomic E-state index is 14.1. The van der Waals surface area contributed by atoms with Gasteiger partial charge in [-0.15, -0.1) is 0 Å². The molecule has 3 heteroatoms. The predicted octanol–water partition coefficient (Wildman–Crippen LogP) is 3.79. The number of hydrogen-bond donors (Lipinski definition) is 1. The van der Waals surface area contributed by atoms with Crippen molar-refractivity contribution in [1.29, 1.82) is 0 Å². The Balaban J connectivity index is 2.29. The van der Waals surface area contributed by atoms with Crippen molar-refractivity contribution in [2.24, 2.45) is 5.73 Å². The highest BCUT2D eigenvalue weighted by Gasteiger charge is 2.15. The van der Waals surface area contributed by atoms with E-state index in [0.717, 1.165) is 11.1 Å². The van der Waals surface area contributed by atoms with Gasteiger partial charge in [0.2, 0.25) is 0 Å². The van der Waals surface area contributed by atoms with Crippen LogP contribution in [0.15, 0.2) is 42.5 Å². The molecule has 0 amide bonds. The first-order chi connectivity index (χ1) is 9.49. The molecule has 0 fully saturated rings. The Bertz CT molecular complexity index is 576. The van der Waals surface area contributed by atoms with Gasteiger partial charge in [0.15, 0.2) is 0 Å². The van der Waals surface area contributed by atoms with E-state index in [2.05, 4.69) is 31.2 Å². The molecular weight excluding hydrogens is 251 g/mol. The van der Waals surface area contributed by atoms with Crippen LogP contribution in [0.2, 0.25) is 0 Å². The Labute approximate surface area is 120 Å². The van der Waals surface area contributed by atoms with E-state index in [1.54, 1.807) is 6.07 Å². The fourth-order valence-corrected chi connectivity index (χ4v) is 2.35. The van der Waals surface area contributed by atoms with Crippen molar-refractivity contribution in [3.8, 4) is 0 Å². The van der Waals surface area contributed by atoms with Crippen LogP contribution in [0.25, 0.3) is 0 Å². The molecule has 2 aromatic carbocycles. The van der Waals surface area contributed by atoms with Crippen molar-refractivity contribution < 1.29 is 4.39 Å². The fourth-order valence-electron chi connectivity index (χ4n) is 2.35. The van der Waals surface area contributed by atoms with Gasteiger partial charge in [-0.2, -0.15) is 0 Å². The van der Waals surface area contributed by atoms with Crippen LogP contribution in [0.3, 0.4) is 0 Å². The molecule has 0 aliphatic rings. The summed E-state index contributed by atoms with van der Waals surface area (Å²) < 4.78 is 14.1. The molecule has 2 aromatic rings. The van der Waals surface area contributed by atoms with Gasteiger partial charge in [0, 0.05) is 19.6 Å². The standard InChI is InChI=1S/C17H21FN2/c1-12-7-9-14(10-8-12)11-20(3)17-15(13(2)19)5-4-6-16(17)18/h4-10,13H,11,19H2,1-3H3. The van der Waals surface area contributed by atoms with Gasteiger partial charge >= 0.3 is 0 Å². The Hall–Kier alpha value is -1.87. The smallest absolute Gasteiger partial charge is 0.146 e. The minimum atomic E-state index is -0.227. The van der Waals surface area contributed by atoms with E-state index in [4.69, 9.17) is 5.73 Å². The van der Waals surface area contributed by atoms with Crippen molar-refractivity contribution in [3.63, 3.8) is 0 Å². The molecule has 0 radical (unpaired) electrons. The largest absolute Gasteiger partial charge is 0.368 e. The highest BCUT2D eigenvalue weighted by Crippen LogP contribution is 2.28. The lowest BCUT2D eigenvalue weighted by Gasteiger charge is -2.24. The molecular formula is C17H21FN2. The zero-order chi connectivity index (χ0) is 14.7. The van der Waals surface area contributed by atoms with Crippen LogP contribution in [0.4, 0.5) is 10.1 Å². The summed E-state index contributed by atoms with van der Waals surface area (Å²) in [6.07, 6.45) is 0. The zero-order valence-electron chi connectivity index (χ0n) is 12.2. The molecule has 0 saturated heterocycles. The fraction of sp³-hybridized carbons (Fsp3) is 0.294. The van der Waals surface area contributed by atoms with Crippen molar-refractivity contribution in [2.75, 3.05) is 11.9 Å². The number of halogens is 1. The molecule has 2 N–H and O–H groups in total. The number of aryl methyl sites for hydroxylation is 1. The van der Waals surface area contributed by atoms with Gasteiger partial charge in [-0.3, -0.25) is 0 Å². The summed E-state index contributed by atoms with van der Waals surface area (Å²) in [4.78, 5) is 1.92. The minimum Gasteiger partial charge on any atom is -0.368 e. The quantitative estimate of drug-likeness (QED) is 0.917. The summed E-state index contributed by atoms with van der Waals surface area (Å²) in [5.74, 6) is -0.227. The Morgan fingerprint density at radius 1 is 1.15 bits per heavy atom. The second-order valence-electron chi connectivity index (χ2n) is 5.31. The molecule has 106 valence electrons. The van der Waals surface area contributed by atoms with Crippen molar-refractivity contribution >= 4 is 5.69 Å². The summed E-state index contributed by atoms with van der Waals surface area (Å²) in [6, 6.07) is 13.1. The molecule has 20 heavy (non-hydrogen) atoms. The lowest BCUT2D eigenvalue weighted by atomic mass is 10.0. The summed E-state index contributed by atoms with van der Waals surface area (Å²) in [5, 5.41) is 0. The van der Waals surface area contributed by atoms with Gasteiger partial charge in [0.05, 0.1) is 5.69 Å². The van der Waals surface area contributed by atoms with Crippen LogP contribution >= 0.6 is 0 Å². The molecule has 0 aliphatic heterocycles. The first kappa shape index (κ1) is 14.5. The van der Waals surface area contributed by atoms with Crippen molar-refractivity contribution in [1.82, 2.24) is 0 Å². The van der Waals surface area contributed by atoms with Crippen LogP contribution in [-0.2, 0) is 6.54 Å². The maximum absolute atomic E-state index is 14.1. The summed E-state index contributed by atoms with van der Waals surface area (Å²) >= 11 is 0. The number of nitrogens with zero attached hydrogens (tertiary/aromatic N) is 1. The molecule has 1 unspecified atom stereocenters. The van der Waals surface area contributed by atoms with E-state index in [-0.39, 0.29) is 11.9 Å². The molecule has 0 aliphatic carbocycles. The van der Waals surface area contributed by atoms with E-state index in [9.17, 15) is 4.39 Å². The molecule has 0 spiro atoms. The van der Waals surface area contributed by atoms with Crippen LogP contribution in [0.5, 0.6) is 0 Å². The lowest BCUT2D eigenvalue weighted by molar-refractivity contribution is 0.616. The summed E-state index contributed by atoms with van der Waals surface area (Å²) in [6.45, 7) is 4.58. The average molecular weight is 272 g/mol. The normalized spacial score (nSPS) is 12.2. The van der Waals surface area contributed by atoms with Crippen LogP contribution in [0.1, 0.15) is 29.7 Å². The maximum Gasteiger partial charge on any atom is 0.146 e. The van der Waals surface area contributed by atoms with E-state index < -0.39 is 0 Å². The van der Waals surface area contributed by atoms with Gasteiger partial charge < -0.3 is 10.6 Å². The zero-order valence-corrected chi connectivity index (χ0v) is 12.2. The minimum absolute atomic E-state index is 0.193. The Morgan fingerprint density at radius 3 is 2.40 bits per heavy atom. The summed E-state index contributed by atoms with van der Waals surface area (Å²) in [5.41, 5.74) is 9.73. The number of hydrogen-bond acceptors (Lipinski definition) is 2. The SMILES string of the molecule is Cc1ccc(CN(C)c2c(F)cccc2C(C)N)cc1. The molecule has 2 rings (SSSR count). The molecule has 0 heterocycles. The molecule has 2 nitrogen and oxygen atoms in total. The van der Waals surface area contributed by atoms with Crippen LogP contribution < -0.4 is 10.6 Å². The van der Waals surface area contributed by atoms with E-state index in [0.29, 0.717) is 12.2 Å². The van der Waals surface area contributed by atoms with E-state index in [1.165, 1.54) is 11.6 Å². The highest BCUT2D eigenvalue weighted by atomic mass is 19.1. The second-order valence-corrected chi connectivity index (χ2v) is 5.31. The lowest BCUT2D eigenvalue weighted by Crippen LogP contribution is -2.21. The third kappa shape index (κ3) is 3.17. The monoisotopic (exact) mass is 272 g/mol. The second kappa shape index (κ2) is 6.06. The topological polar surface area (TPSA) is 29.3 Å². The van der Waals surface area contributed by atoms with Crippen LogP contribution in [-0.4, -0.2) is 7.05 Å². The van der Waals surface area contributed by atoms with Gasteiger partial charge in [0.1, 0.15) is 5.82 Å². The van der Waals surface area contributed by atoms with Gasteiger partial charge in [-0.05, 0) is 31.0 Å². The predicted molar refractivity (Wildman–Crippen MR) is 82.3 cm³/mol. The van der Waals surface area contributed by atoms with Gasteiger partial charge in [0.25, 0.3) is 0 Å². The van der Waals surface area contributed by atoms with Crippen molar-refractivity contribution in [3.05, 3.63) is 65.0 Å². The number of rotatable bonds is 4. The van der Waals surface area contributed by atoms with Crippen LogP contribution in [0, 0.1) is 12.7 Å². The van der Waals surface area contributed by atoms with Gasteiger partial charge in [-0.25, -0.2) is 4.39 Å².